The van der Waals surface area contributed by atoms with Crippen molar-refractivity contribution >= 4 is 34.8 Å². The van der Waals surface area contributed by atoms with E-state index in [2.05, 4.69) is 5.32 Å². The van der Waals surface area contributed by atoms with E-state index in [0.29, 0.717) is 9.90 Å². The van der Waals surface area contributed by atoms with Crippen molar-refractivity contribution in [2.75, 3.05) is 0 Å². The predicted octanol–water partition coefficient (Wildman–Crippen LogP) is 3.59. The minimum atomic E-state index is -1.06. The van der Waals surface area contributed by atoms with Crippen LogP contribution in [0.25, 0.3) is 0 Å². The Morgan fingerprint density at radius 1 is 1.25 bits per heavy atom. The van der Waals surface area contributed by atoms with Gasteiger partial charge in [-0.3, -0.25) is 4.79 Å². The lowest BCUT2D eigenvalue weighted by Crippen LogP contribution is -2.26. The predicted molar refractivity (Wildman–Crippen MR) is 78.6 cm³/mol. The van der Waals surface area contributed by atoms with Crippen LogP contribution in [0.3, 0.4) is 0 Å². The first kappa shape index (κ1) is 14.6. The molecule has 0 fully saturated rings. The molecule has 4 nitrogen and oxygen atoms in total. The molecule has 1 atom stereocenters. The SMILES string of the molecule is CC(NC(=O)c1cccc(C(=O)O)c1)c1ccc(Cl)s1. The Balaban J connectivity index is 2.12. The van der Waals surface area contributed by atoms with E-state index in [1.807, 2.05) is 13.0 Å². The van der Waals surface area contributed by atoms with E-state index in [9.17, 15) is 9.59 Å². The summed E-state index contributed by atoms with van der Waals surface area (Å²) in [5.41, 5.74) is 0.406. The molecular weight excluding hydrogens is 298 g/mol. The summed E-state index contributed by atoms with van der Waals surface area (Å²) in [4.78, 5) is 23.9. The lowest BCUT2D eigenvalue weighted by Gasteiger charge is -2.12. The lowest BCUT2D eigenvalue weighted by atomic mass is 10.1. The van der Waals surface area contributed by atoms with E-state index in [1.165, 1.54) is 23.5 Å². The Labute approximate surface area is 125 Å². The van der Waals surface area contributed by atoms with Crippen LogP contribution >= 0.6 is 22.9 Å². The first-order valence-electron chi connectivity index (χ1n) is 5.87. The van der Waals surface area contributed by atoms with Crippen molar-refractivity contribution in [3.63, 3.8) is 0 Å². The van der Waals surface area contributed by atoms with E-state index in [-0.39, 0.29) is 17.5 Å². The van der Waals surface area contributed by atoms with Gasteiger partial charge in [0.05, 0.1) is 15.9 Å². The van der Waals surface area contributed by atoms with Crippen molar-refractivity contribution in [2.45, 2.75) is 13.0 Å². The quantitative estimate of drug-likeness (QED) is 0.907. The highest BCUT2D eigenvalue weighted by Crippen LogP contribution is 2.26. The number of carboxylic acid groups (broad SMARTS) is 1. The van der Waals surface area contributed by atoms with Gasteiger partial charge in [0.15, 0.2) is 0 Å². The number of hydrogen-bond donors (Lipinski definition) is 2. The molecule has 0 radical (unpaired) electrons. The minimum Gasteiger partial charge on any atom is -0.478 e. The number of benzene rings is 1. The zero-order chi connectivity index (χ0) is 14.7. The van der Waals surface area contributed by atoms with Gasteiger partial charge in [0, 0.05) is 10.4 Å². The topological polar surface area (TPSA) is 66.4 Å². The van der Waals surface area contributed by atoms with Crippen LogP contribution in [0.1, 0.15) is 38.6 Å². The maximum atomic E-state index is 12.1. The molecule has 2 N–H and O–H groups in total. The van der Waals surface area contributed by atoms with Crippen molar-refractivity contribution in [3.05, 3.63) is 56.7 Å². The first-order valence-corrected chi connectivity index (χ1v) is 7.06. The van der Waals surface area contributed by atoms with Gasteiger partial charge in [-0.2, -0.15) is 0 Å². The molecule has 0 aliphatic carbocycles. The van der Waals surface area contributed by atoms with Gasteiger partial charge in [0.1, 0.15) is 0 Å². The molecule has 0 bridgehead atoms. The second kappa shape index (κ2) is 6.07. The summed E-state index contributed by atoms with van der Waals surface area (Å²) in [5, 5.41) is 11.7. The maximum absolute atomic E-state index is 12.1. The Morgan fingerprint density at radius 3 is 2.55 bits per heavy atom. The fourth-order valence-corrected chi connectivity index (χ4v) is 2.77. The molecule has 0 aliphatic heterocycles. The van der Waals surface area contributed by atoms with Crippen LogP contribution < -0.4 is 5.32 Å². The standard InChI is InChI=1S/C14H12ClNO3S/c1-8(11-5-6-12(15)20-11)16-13(17)9-3-2-4-10(7-9)14(18)19/h2-8H,1H3,(H,16,17)(H,18,19). The van der Waals surface area contributed by atoms with Crippen LogP contribution in [0.2, 0.25) is 4.34 Å². The Bertz CT molecular complexity index is 653. The Kier molecular flexibility index (Phi) is 4.42. The van der Waals surface area contributed by atoms with Gasteiger partial charge in [-0.05, 0) is 37.3 Å². The molecule has 1 unspecified atom stereocenters. The van der Waals surface area contributed by atoms with E-state index in [0.717, 1.165) is 4.88 Å². The second-order valence-electron chi connectivity index (χ2n) is 4.22. The monoisotopic (exact) mass is 309 g/mol. The zero-order valence-electron chi connectivity index (χ0n) is 10.6. The average Bonchev–Trinajstić information content (AvgIpc) is 2.85. The third kappa shape index (κ3) is 3.37. The van der Waals surface area contributed by atoms with Gasteiger partial charge in [0.25, 0.3) is 5.91 Å². The van der Waals surface area contributed by atoms with Gasteiger partial charge in [0.2, 0.25) is 0 Å². The fourth-order valence-electron chi connectivity index (χ4n) is 1.71. The number of nitrogens with one attached hydrogen (secondary N) is 1. The van der Waals surface area contributed by atoms with Gasteiger partial charge in [-0.1, -0.05) is 17.7 Å². The van der Waals surface area contributed by atoms with Crippen LogP contribution in [-0.2, 0) is 0 Å². The van der Waals surface area contributed by atoms with Gasteiger partial charge < -0.3 is 10.4 Å². The molecule has 1 aromatic carbocycles. The number of halogens is 1. The van der Waals surface area contributed by atoms with Crippen molar-refractivity contribution in [3.8, 4) is 0 Å². The van der Waals surface area contributed by atoms with Crippen LogP contribution in [0.15, 0.2) is 36.4 Å². The van der Waals surface area contributed by atoms with Gasteiger partial charge in [-0.25, -0.2) is 4.79 Å². The fraction of sp³-hybridized carbons (Fsp3) is 0.143. The van der Waals surface area contributed by atoms with E-state index < -0.39 is 5.97 Å². The highest BCUT2D eigenvalue weighted by atomic mass is 35.5. The molecule has 0 saturated heterocycles. The summed E-state index contributed by atoms with van der Waals surface area (Å²) >= 11 is 7.25. The number of aromatic carboxylic acids is 1. The number of rotatable bonds is 4. The number of carboxylic acids is 1. The van der Waals surface area contributed by atoms with E-state index in [4.69, 9.17) is 16.7 Å². The smallest absolute Gasteiger partial charge is 0.335 e. The van der Waals surface area contributed by atoms with Crippen LogP contribution in [0.4, 0.5) is 0 Å². The van der Waals surface area contributed by atoms with Crippen molar-refractivity contribution in [2.24, 2.45) is 0 Å². The molecule has 1 aromatic heterocycles. The molecule has 0 saturated carbocycles. The highest BCUT2D eigenvalue weighted by molar-refractivity contribution is 7.16. The molecule has 2 aromatic rings. The second-order valence-corrected chi connectivity index (χ2v) is 5.97. The number of amides is 1. The summed E-state index contributed by atoms with van der Waals surface area (Å²) < 4.78 is 0.661. The summed E-state index contributed by atoms with van der Waals surface area (Å²) in [5.74, 6) is -1.37. The highest BCUT2D eigenvalue weighted by Gasteiger charge is 2.14. The molecule has 1 heterocycles. The van der Waals surface area contributed by atoms with Gasteiger partial charge in [-0.15, -0.1) is 11.3 Å². The number of carbonyl (C=O) groups excluding carboxylic acids is 1. The Morgan fingerprint density at radius 2 is 1.95 bits per heavy atom. The summed E-state index contributed by atoms with van der Waals surface area (Å²) in [6.45, 7) is 1.85. The van der Waals surface area contributed by atoms with Crippen LogP contribution in [-0.4, -0.2) is 17.0 Å². The summed E-state index contributed by atoms with van der Waals surface area (Å²) in [6, 6.07) is 9.36. The average molecular weight is 310 g/mol. The molecular formula is C14H12ClNO3S. The lowest BCUT2D eigenvalue weighted by molar-refractivity contribution is 0.0697. The van der Waals surface area contributed by atoms with Crippen molar-refractivity contribution < 1.29 is 14.7 Å². The third-order valence-electron chi connectivity index (χ3n) is 2.74. The molecule has 0 aliphatic rings. The van der Waals surface area contributed by atoms with Crippen molar-refractivity contribution in [1.29, 1.82) is 0 Å². The molecule has 104 valence electrons. The molecule has 2 rings (SSSR count). The zero-order valence-corrected chi connectivity index (χ0v) is 12.2. The maximum Gasteiger partial charge on any atom is 0.335 e. The van der Waals surface area contributed by atoms with Crippen LogP contribution in [0.5, 0.6) is 0 Å². The van der Waals surface area contributed by atoms with Crippen LogP contribution in [0, 0.1) is 0 Å². The number of carbonyl (C=O) groups is 2. The summed E-state index contributed by atoms with van der Waals surface area (Å²) in [6.07, 6.45) is 0. The molecule has 0 spiro atoms. The minimum absolute atomic E-state index is 0.0875. The largest absolute Gasteiger partial charge is 0.478 e. The molecule has 20 heavy (non-hydrogen) atoms. The molecule has 6 heteroatoms. The van der Waals surface area contributed by atoms with E-state index in [1.54, 1.807) is 18.2 Å². The normalized spacial score (nSPS) is 11.9. The number of thiophene rings is 1. The first-order chi connectivity index (χ1) is 9.47. The Hall–Kier alpha value is -1.85. The van der Waals surface area contributed by atoms with Crippen molar-refractivity contribution in [1.82, 2.24) is 5.32 Å². The van der Waals surface area contributed by atoms with E-state index >= 15 is 0 Å². The third-order valence-corrected chi connectivity index (χ3v) is 4.15. The van der Waals surface area contributed by atoms with Gasteiger partial charge >= 0.3 is 5.97 Å². The summed E-state index contributed by atoms with van der Waals surface area (Å²) in [7, 11) is 0. The number of hydrogen-bond acceptors (Lipinski definition) is 3. The molecule has 1 amide bonds.